The fraction of sp³-hybridized carbons (Fsp3) is 0.226. The number of nitrogens with one attached hydrogen (secondary N) is 2. The summed E-state index contributed by atoms with van der Waals surface area (Å²) in [5.41, 5.74) is 6.01. The Hall–Kier alpha value is -4.94. The third kappa shape index (κ3) is 6.20. The molecule has 0 radical (unpaired) electrons. The summed E-state index contributed by atoms with van der Waals surface area (Å²) in [7, 11) is 0. The SMILES string of the molecule is C=N/C(=C\C=C/CC1=CCN(Cc2nc3ccc(NC=O)cc3[nH]2)CC1)OCc1ccc(C#N)c2cc(C)oc12. The normalized spacial score (nSPS) is 14.4. The molecule has 0 saturated carbocycles. The monoisotopic (exact) mass is 534 g/mol. The first-order valence-electron chi connectivity index (χ1n) is 13.0. The Kier molecular flexibility index (Phi) is 8.18. The van der Waals surface area contributed by atoms with E-state index in [-0.39, 0.29) is 6.61 Å². The summed E-state index contributed by atoms with van der Waals surface area (Å²) >= 11 is 0. The number of carbonyl (C=O) groups excluding carboxylic acids is 1. The minimum absolute atomic E-state index is 0.261. The van der Waals surface area contributed by atoms with Crippen LogP contribution < -0.4 is 5.32 Å². The fourth-order valence-corrected chi connectivity index (χ4v) is 4.77. The molecule has 5 rings (SSSR count). The number of aliphatic imine (C=N–C) groups is 1. The highest BCUT2D eigenvalue weighted by atomic mass is 16.5. The predicted octanol–water partition coefficient (Wildman–Crippen LogP) is 5.89. The average Bonchev–Trinajstić information content (AvgIpc) is 3.55. The summed E-state index contributed by atoms with van der Waals surface area (Å²) < 4.78 is 11.7. The van der Waals surface area contributed by atoms with Crippen molar-refractivity contribution < 1.29 is 13.9 Å². The van der Waals surface area contributed by atoms with Crippen LogP contribution in [0.1, 0.15) is 35.6 Å². The molecule has 2 aromatic carbocycles. The number of anilines is 1. The number of fused-ring (bicyclic) bond motifs is 2. The van der Waals surface area contributed by atoms with E-state index in [0.29, 0.717) is 23.4 Å². The van der Waals surface area contributed by atoms with E-state index in [4.69, 9.17) is 9.15 Å². The number of imidazole rings is 1. The molecule has 2 aromatic heterocycles. The van der Waals surface area contributed by atoms with Crippen LogP contribution in [0.2, 0.25) is 0 Å². The van der Waals surface area contributed by atoms with Crippen LogP contribution in [-0.4, -0.2) is 41.1 Å². The smallest absolute Gasteiger partial charge is 0.212 e. The van der Waals surface area contributed by atoms with E-state index >= 15 is 0 Å². The molecular weight excluding hydrogens is 504 g/mol. The molecular formula is C31H30N6O3. The average molecular weight is 535 g/mol. The van der Waals surface area contributed by atoms with Gasteiger partial charge in [0.25, 0.3) is 0 Å². The van der Waals surface area contributed by atoms with Crippen molar-refractivity contribution in [1.82, 2.24) is 14.9 Å². The number of aryl methyl sites for hydroxylation is 1. The number of hydrogen-bond donors (Lipinski definition) is 2. The quantitative estimate of drug-likeness (QED) is 0.0813. The van der Waals surface area contributed by atoms with Crippen molar-refractivity contribution in [2.24, 2.45) is 4.99 Å². The second-order valence-corrected chi connectivity index (χ2v) is 9.59. The van der Waals surface area contributed by atoms with Gasteiger partial charge in [-0.05, 0) is 62.9 Å². The highest BCUT2D eigenvalue weighted by Crippen LogP contribution is 2.27. The van der Waals surface area contributed by atoms with Gasteiger partial charge in [0.15, 0.2) is 0 Å². The van der Waals surface area contributed by atoms with Gasteiger partial charge in [0, 0.05) is 29.7 Å². The number of nitriles is 1. The maximum absolute atomic E-state index is 10.7. The topological polar surface area (TPSA) is 120 Å². The fourth-order valence-electron chi connectivity index (χ4n) is 4.77. The molecule has 3 heterocycles. The summed E-state index contributed by atoms with van der Waals surface area (Å²) in [6.45, 7) is 8.30. The molecule has 1 aliphatic heterocycles. The number of benzene rings is 2. The van der Waals surface area contributed by atoms with E-state index in [9.17, 15) is 10.1 Å². The predicted molar refractivity (Wildman–Crippen MR) is 156 cm³/mol. The lowest BCUT2D eigenvalue weighted by Crippen LogP contribution is -2.28. The van der Waals surface area contributed by atoms with Gasteiger partial charge in [0.2, 0.25) is 12.3 Å². The summed E-state index contributed by atoms with van der Waals surface area (Å²) in [6, 6.07) is 13.3. The minimum atomic E-state index is 0.261. The van der Waals surface area contributed by atoms with Crippen molar-refractivity contribution in [3.63, 3.8) is 0 Å². The molecule has 0 atom stereocenters. The summed E-state index contributed by atoms with van der Waals surface area (Å²) in [5, 5.41) is 12.8. The van der Waals surface area contributed by atoms with Gasteiger partial charge < -0.3 is 19.5 Å². The number of aromatic nitrogens is 2. The molecule has 0 unspecified atom stereocenters. The third-order valence-electron chi connectivity index (χ3n) is 6.81. The van der Waals surface area contributed by atoms with Gasteiger partial charge in [-0.3, -0.25) is 9.69 Å². The molecule has 9 nitrogen and oxygen atoms in total. The van der Waals surface area contributed by atoms with Crippen LogP contribution in [-0.2, 0) is 22.7 Å². The number of nitrogens with zero attached hydrogens (tertiary/aromatic N) is 4. The lowest BCUT2D eigenvalue weighted by Gasteiger charge is -2.25. The summed E-state index contributed by atoms with van der Waals surface area (Å²) in [4.78, 5) is 25.1. The molecule has 0 bridgehead atoms. The Labute approximate surface area is 232 Å². The first-order chi connectivity index (χ1) is 19.6. The van der Waals surface area contributed by atoms with Crippen molar-refractivity contribution >= 4 is 40.8 Å². The molecule has 0 aliphatic carbocycles. The van der Waals surface area contributed by atoms with Gasteiger partial charge in [-0.15, -0.1) is 0 Å². The van der Waals surface area contributed by atoms with E-state index in [1.54, 1.807) is 12.1 Å². The number of hydrogen-bond acceptors (Lipinski definition) is 7. The van der Waals surface area contributed by atoms with E-state index < -0.39 is 0 Å². The Morgan fingerprint density at radius 3 is 3.02 bits per heavy atom. The minimum Gasteiger partial charge on any atom is -0.473 e. The Morgan fingerprint density at radius 1 is 1.35 bits per heavy atom. The number of furan rings is 1. The van der Waals surface area contributed by atoms with Crippen LogP contribution in [0, 0.1) is 18.3 Å². The molecule has 40 heavy (non-hydrogen) atoms. The van der Waals surface area contributed by atoms with Crippen molar-refractivity contribution in [2.45, 2.75) is 32.9 Å². The zero-order valence-electron chi connectivity index (χ0n) is 22.3. The highest BCUT2D eigenvalue weighted by Gasteiger charge is 2.14. The number of allylic oxidation sites excluding steroid dienone is 3. The van der Waals surface area contributed by atoms with Gasteiger partial charge >= 0.3 is 0 Å². The van der Waals surface area contributed by atoms with Crippen LogP contribution in [0.25, 0.3) is 22.0 Å². The molecule has 2 N–H and O–H groups in total. The number of amides is 1. The molecule has 0 saturated heterocycles. The van der Waals surface area contributed by atoms with Crippen molar-refractivity contribution in [3.8, 4) is 6.07 Å². The highest BCUT2D eigenvalue weighted by molar-refractivity contribution is 5.87. The lowest BCUT2D eigenvalue weighted by molar-refractivity contribution is -0.105. The zero-order valence-corrected chi connectivity index (χ0v) is 22.3. The first kappa shape index (κ1) is 26.7. The van der Waals surface area contributed by atoms with Crippen molar-refractivity contribution in [3.05, 3.63) is 94.9 Å². The number of ether oxygens (including phenoxy) is 1. The van der Waals surface area contributed by atoms with Crippen LogP contribution in [0.15, 0.2) is 81.6 Å². The van der Waals surface area contributed by atoms with E-state index in [1.165, 1.54) is 5.57 Å². The van der Waals surface area contributed by atoms with Crippen LogP contribution >= 0.6 is 0 Å². The van der Waals surface area contributed by atoms with Crippen molar-refractivity contribution in [1.29, 1.82) is 5.26 Å². The van der Waals surface area contributed by atoms with E-state index in [1.807, 2.05) is 43.3 Å². The van der Waals surface area contributed by atoms with Gasteiger partial charge in [0.05, 0.1) is 29.2 Å². The Morgan fingerprint density at radius 2 is 2.25 bits per heavy atom. The lowest BCUT2D eigenvalue weighted by atomic mass is 10.0. The van der Waals surface area contributed by atoms with Gasteiger partial charge in [0.1, 0.15) is 23.8 Å². The second-order valence-electron chi connectivity index (χ2n) is 9.59. The van der Waals surface area contributed by atoms with Crippen LogP contribution in [0.3, 0.4) is 0 Å². The van der Waals surface area contributed by atoms with Crippen molar-refractivity contribution in [2.75, 3.05) is 18.4 Å². The third-order valence-corrected chi connectivity index (χ3v) is 6.81. The number of rotatable bonds is 11. The number of H-pyrrole nitrogens is 1. The molecule has 202 valence electrons. The van der Waals surface area contributed by atoms with Gasteiger partial charge in [-0.2, -0.15) is 5.26 Å². The maximum atomic E-state index is 10.7. The number of aromatic amines is 1. The van der Waals surface area contributed by atoms with E-state index in [0.717, 1.165) is 71.7 Å². The Balaban J connectivity index is 1.12. The van der Waals surface area contributed by atoms with Gasteiger partial charge in [-0.1, -0.05) is 29.9 Å². The summed E-state index contributed by atoms with van der Waals surface area (Å²) in [6.07, 6.45) is 10.6. The van der Waals surface area contributed by atoms with E-state index in [2.05, 4.69) is 50.1 Å². The molecule has 1 amide bonds. The molecule has 9 heteroatoms. The Bertz CT molecular complexity index is 1680. The largest absolute Gasteiger partial charge is 0.473 e. The second kappa shape index (κ2) is 12.3. The molecule has 0 fully saturated rings. The molecule has 0 spiro atoms. The number of carbonyl (C=O) groups is 1. The van der Waals surface area contributed by atoms with Crippen LogP contribution in [0.5, 0.6) is 0 Å². The van der Waals surface area contributed by atoms with Crippen LogP contribution in [0.4, 0.5) is 5.69 Å². The maximum Gasteiger partial charge on any atom is 0.212 e. The zero-order chi connectivity index (χ0) is 27.9. The molecule has 4 aromatic rings. The standard InChI is InChI=1S/C31H30N6O3/c1-21-15-26-23(17-32)7-8-24(31(26)40-21)19-39-30(33-2)6-4-3-5-22-11-13-37(14-12-22)18-29-35-27-10-9-25(34-20-38)16-28(27)36-29/h3-4,6-11,15-16,20H,2,5,12-14,18-19H2,1H3,(H,34,38)(H,35,36)/b4-3-,30-6+. The molecule has 1 aliphatic rings. The van der Waals surface area contributed by atoms with Gasteiger partial charge in [-0.25, -0.2) is 9.98 Å². The summed E-state index contributed by atoms with van der Waals surface area (Å²) in [5.74, 6) is 2.08. The first-order valence-corrected chi connectivity index (χ1v) is 13.0.